The zero-order valence-corrected chi connectivity index (χ0v) is 11.6. The molecule has 78 valence electrons. The Morgan fingerprint density at radius 2 is 2.00 bits per heavy atom. The van der Waals surface area contributed by atoms with E-state index in [-0.39, 0.29) is 0 Å². The number of aryl methyl sites for hydroxylation is 1. The summed E-state index contributed by atoms with van der Waals surface area (Å²) in [7, 11) is 0. The molecule has 0 fully saturated rings. The summed E-state index contributed by atoms with van der Waals surface area (Å²) in [4.78, 5) is 4.36. The van der Waals surface area contributed by atoms with E-state index < -0.39 is 0 Å². The number of nitrogens with zero attached hydrogens (tertiary/aromatic N) is 1. The van der Waals surface area contributed by atoms with Crippen LogP contribution < -0.4 is 0 Å². The van der Waals surface area contributed by atoms with Crippen LogP contribution in [-0.2, 0) is 6.42 Å². The maximum absolute atomic E-state index is 4.36. The first-order valence-corrected chi connectivity index (χ1v) is 6.63. The predicted molar refractivity (Wildman–Crippen MR) is 67.5 cm³/mol. The van der Waals surface area contributed by atoms with E-state index in [1.807, 2.05) is 12.3 Å². The van der Waals surface area contributed by atoms with Gasteiger partial charge < -0.3 is 0 Å². The van der Waals surface area contributed by atoms with Crippen molar-refractivity contribution in [3.8, 4) is 0 Å². The lowest BCUT2D eigenvalue weighted by Crippen LogP contribution is -1.92. The fraction of sp³-hybridized carbons (Fsp3) is 0.545. The molecule has 14 heavy (non-hydrogen) atoms. The van der Waals surface area contributed by atoms with Crippen LogP contribution in [0.25, 0.3) is 0 Å². The monoisotopic (exact) mass is 319 g/mol. The number of halogens is 2. The number of unbranched alkanes of at least 4 members (excludes halogenated alkanes) is 3. The number of hydrogen-bond acceptors (Lipinski definition) is 1. The van der Waals surface area contributed by atoms with E-state index in [4.69, 9.17) is 0 Å². The molecule has 1 aromatic heterocycles. The van der Waals surface area contributed by atoms with Crippen LogP contribution in [0.2, 0.25) is 0 Å². The molecule has 0 saturated heterocycles. The molecule has 0 aliphatic heterocycles. The minimum absolute atomic E-state index is 1.07. The van der Waals surface area contributed by atoms with E-state index in [9.17, 15) is 0 Å². The third-order valence-electron chi connectivity index (χ3n) is 2.18. The average molecular weight is 321 g/mol. The van der Waals surface area contributed by atoms with E-state index in [1.165, 1.54) is 25.7 Å². The minimum Gasteiger partial charge on any atom is -0.260 e. The largest absolute Gasteiger partial charge is 0.260 e. The molecule has 0 aliphatic rings. The molecule has 1 aromatic rings. The van der Waals surface area contributed by atoms with E-state index in [2.05, 4.69) is 43.8 Å². The average Bonchev–Trinajstić information content (AvgIpc) is 2.19. The molecular weight excluding hydrogens is 306 g/mol. The number of aromatic nitrogens is 1. The molecule has 0 aliphatic carbocycles. The maximum Gasteiger partial charge on any atom is 0.0556 e. The Balaban J connectivity index is 2.46. The second-order valence-corrected chi connectivity index (χ2v) is 5.01. The van der Waals surface area contributed by atoms with Gasteiger partial charge in [-0.1, -0.05) is 26.2 Å². The molecule has 0 bridgehead atoms. The highest BCUT2D eigenvalue weighted by molar-refractivity contribution is 9.13. The van der Waals surface area contributed by atoms with E-state index in [1.54, 1.807) is 0 Å². The summed E-state index contributed by atoms with van der Waals surface area (Å²) >= 11 is 7.02. The van der Waals surface area contributed by atoms with Crippen LogP contribution in [0.15, 0.2) is 21.2 Å². The first kappa shape index (κ1) is 12.2. The third kappa shape index (κ3) is 3.70. The van der Waals surface area contributed by atoms with Gasteiger partial charge >= 0.3 is 0 Å². The third-order valence-corrected chi connectivity index (χ3v) is 4.26. The van der Waals surface area contributed by atoms with Gasteiger partial charge in [0.05, 0.1) is 10.2 Å². The molecule has 0 spiro atoms. The van der Waals surface area contributed by atoms with Crippen molar-refractivity contribution in [3.05, 3.63) is 26.9 Å². The lowest BCUT2D eigenvalue weighted by molar-refractivity contribution is 0.659. The minimum atomic E-state index is 1.07. The Morgan fingerprint density at radius 1 is 1.21 bits per heavy atom. The summed E-state index contributed by atoms with van der Waals surface area (Å²) in [6.45, 7) is 2.23. The van der Waals surface area contributed by atoms with Crippen molar-refractivity contribution in [2.24, 2.45) is 0 Å². The number of hydrogen-bond donors (Lipinski definition) is 0. The SMILES string of the molecule is CCCCCCc1nccc(Br)c1Br. The van der Waals surface area contributed by atoms with Gasteiger partial charge in [0.25, 0.3) is 0 Å². The molecule has 1 rings (SSSR count). The summed E-state index contributed by atoms with van der Waals surface area (Å²) in [5, 5.41) is 0. The first-order chi connectivity index (χ1) is 6.75. The summed E-state index contributed by atoms with van der Waals surface area (Å²) in [6, 6.07) is 1.96. The van der Waals surface area contributed by atoms with Gasteiger partial charge in [0.15, 0.2) is 0 Å². The zero-order chi connectivity index (χ0) is 10.4. The van der Waals surface area contributed by atoms with Crippen LogP contribution in [0.4, 0.5) is 0 Å². The predicted octanol–water partition coefficient (Wildman–Crippen LogP) is 4.73. The first-order valence-electron chi connectivity index (χ1n) is 5.04. The van der Waals surface area contributed by atoms with E-state index >= 15 is 0 Å². The lowest BCUT2D eigenvalue weighted by Gasteiger charge is -2.04. The van der Waals surface area contributed by atoms with Gasteiger partial charge in [-0.2, -0.15) is 0 Å². The van der Waals surface area contributed by atoms with Crippen molar-refractivity contribution in [3.63, 3.8) is 0 Å². The van der Waals surface area contributed by atoms with Crippen LogP contribution in [0, 0.1) is 0 Å². The smallest absolute Gasteiger partial charge is 0.0556 e. The zero-order valence-electron chi connectivity index (χ0n) is 8.39. The summed E-state index contributed by atoms with van der Waals surface area (Å²) in [6.07, 6.45) is 8.07. The van der Waals surface area contributed by atoms with Gasteiger partial charge in [0, 0.05) is 10.7 Å². The van der Waals surface area contributed by atoms with Gasteiger partial charge in [-0.3, -0.25) is 4.98 Å². The van der Waals surface area contributed by atoms with Crippen molar-refractivity contribution in [2.45, 2.75) is 39.0 Å². The molecule has 0 aromatic carbocycles. The number of rotatable bonds is 5. The van der Waals surface area contributed by atoms with Crippen molar-refractivity contribution >= 4 is 31.9 Å². The van der Waals surface area contributed by atoms with Crippen LogP contribution in [0.5, 0.6) is 0 Å². The Morgan fingerprint density at radius 3 is 2.71 bits per heavy atom. The van der Waals surface area contributed by atoms with Gasteiger partial charge in [-0.15, -0.1) is 0 Å². The van der Waals surface area contributed by atoms with Crippen molar-refractivity contribution in [1.82, 2.24) is 4.98 Å². The Hall–Kier alpha value is 0.110. The van der Waals surface area contributed by atoms with Crippen LogP contribution in [-0.4, -0.2) is 4.98 Å². The van der Waals surface area contributed by atoms with Crippen LogP contribution in [0.3, 0.4) is 0 Å². The molecule has 0 N–H and O–H groups in total. The van der Waals surface area contributed by atoms with E-state index in [0.29, 0.717) is 0 Å². The summed E-state index contributed by atoms with van der Waals surface area (Å²) in [5.74, 6) is 0. The quantitative estimate of drug-likeness (QED) is 0.715. The van der Waals surface area contributed by atoms with Crippen molar-refractivity contribution in [2.75, 3.05) is 0 Å². The lowest BCUT2D eigenvalue weighted by atomic mass is 10.1. The highest BCUT2D eigenvalue weighted by atomic mass is 79.9. The topological polar surface area (TPSA) is 12.9 Å². The molecule has 0 radical (unpaired) electrons. The molecule has 0 atom stereocenters. The second-order valence-electron chi connectivity index (χ2n) is 3.36. The molecule has 0 saturated carbocycles. The fourth-order valence-corrected chi connectivity index (χ4v) is 2.13. The summed E-state index contributed by atoms with van der Waals surface area (Å²) < 4.78 is 2.20. The normalized spacial score (nSPS) is 10.5. The van der Waals surface area contributed by atoms with Crippen LogP contribution in [0.1, 0.15) is 38.3 Å². The number of pyridine rings is 1. The Labute approximate surface area is 103 Å². The molecule has 0 amide bonds. The van der Waals surface area contributed by atoms with Crippen molar-refractivity contribution in [1.29, 1.82) is 0 Å². The van der Waals surface area contributed by atoms with E-state index in [0.717, 1.165) is 21.1 Å². The summed E-state index contributed by atoms with van der Waals surface area (Å²) in [5.41, 5.74) is 1.16. The van der Waals surface area contributed by atoms with Gasteiger partial charge in [0.1, 0.15) is 0 Å². The van der Waals surface area contributed by atoms with Gasteiger partial charge in [0.2, 0.25) is 0 Å². The molecule has 1 heterocycles. The highest BCUT2D eigenvalue weighted by Crippen LogP contribution is 2.25. The maximum atomic E-state index is 4.36. The van der Waals surface area contributed by atoms with Gasteiger partial charge in [-0.05, 0) is 50.8 Å². The standard InChI is InChI=1S/C11H15Br2N/c1-2-3-4-5-6-10-11(13)9(12)7-8-14-10/h7-8H,2-6H2,1H3. The molecule has 0 unspecified atom stereocenters. The highest BCUT2D eigenvalue weighted by Gasteiger charge is 2.03. The second kappa shape index (κ2) is 6.57. The van der Waals surface area contributed by atoms with Crippen LogP contribution >= 0.6 is 31.9 Å². The fourth-order valence-electron chi connectivity index (χ4n) is 1.35. The van der Waals surface area contributed by atoms with Crippen molar-refractivity contribution < 1.29 is 0 Å². The van der Waals surface area contributed by atoms with Gasteiger partial charge in [-0.25, -0.2) is 0 Å². The molecule has 3 heteroatoms. The molecular formula is C11H15Br2N. The molecule has 1 nitrogen and oxygen atoms in total. The Bertz CT molecular complexity index is 287. The Kier molecular flexibility index (Phi) is 5.71.